The van der Waals surface area contributed by atoms with Crippen LogP contribution < -0.4 is 16.0 Å². The van der Waals surface area contributed by atoms with Crippen LogP contribution in [0.3, 0.4) is 0 Å². The Morgan fingerprint density at radius 2 is 1.71 bits per heavy atom. The van der Waals surface area contributed by atoms with Crippen LogP contribution in [0.15, 0.2) is 4.99 Å². The molecule has 0 radical (unpaired) electrons. The van der Waals surface area contributed by atoms with E-state index in [0.29, 0.717) is 19.1 Å². The molecule has 1 rings (SSSR count). The zero-order valence-electron chi connectivity index (χ0n) is 13.7. The molecule has 3 N–H and O–H groups in total. The van der Waals surface area contributed by atoms with E-state index in [1.165, 1.54) is 25.7 Å². The van der Waals surface area contributed by atoms with Crippen molar-refractivity contribution in [2.45, 2.75) is 52.5 Å². The number of rotatable bonds is 5. The third kappa shape index (κ3) is 8.48. The SMILES string of the molecule is CN=C(NCCNC(=O)C(C)C)NC1CCC(C)CC1.I. The third-order valence-electron chi connectivity index (χ3n) is 3.82. The van der Waals surface area contributed by atoms with Gasteiger partial charge in [0, 0.05) is 32.1 Å². The van der Waals surface area contributed by atoms with Gasteiger partial charge in [-0.3, -0.25) is 9.79 Å². The minimum Gasteiger partial charge on any atom is -0.355 e. The van der Waals surface area contributed by atoms with Gasteiger partial charge in [-0.1, -0.05) is 20.8 Å². The standard InChI is InChI=1S/C15H30N4O.HI/c1-11(2)14(20)17-9-10-18-15(16-4)19-13-7-5-12(3)6-8-13;/h11-13H,5-10H2,1-4H3,(H,17,20)(H2,16,18,19);1H. The van der Waals surface area contributed by atoms with Gasteiger partial charge in [-0.2, -0.15) is 0 Å². The molecule has 1 saturated carbocycles. The van der Waals surface area contributed by atoms with Gasteiger partial charge in [-0.25, -0.2) is 0 Å². The molecule has 0 aliphatic heterocycles. The quantitative estimate of drug-likeness (QED) is 0.282. The van der Waals surface area contributed by atoms with E-state index in [-0.39, 0.29) is 35.8 Å². The summed E-state index contributed by atoms with van der Waals surface area (Å²) in [6, 6.07) is 0.530. The second-order valence-electron chi connectivity index (χ2n) is 6.05. The first-order valence-corrected chi connectivity index (χ1v) is 7.77. The number of aliphatic imine (C=N–C) groups is 1. The van der Waals surface area contributed by atoms with Crippen LogP contribution in [0.5, 0.6) is 0 Å². The van der Waals surface area contributed by atoms with Gasteiger partial charge in [0.05, 0.1) is 0 Å². The molecule has 0 unspecified atom stereocenters. The summed E-state index contributed by atoms with van der Waals surface area (Å²) in [5.41, 5.74) is 0. The van der Waals surface area contributed by atoms with E-state index < -0.39 is 0 Å². The molecule has 21 heavy (non-hydrogen) atoms. The largest absolute Gasteiger partial charge is 0.355 e. The summed E-state index contributed by atoms with van der Waals surface area (Å²) < 4.78 is 0. The monoisotopic (exact) mass is 410 g/mol. The van der Waals surface area contributed by atoms with Gasteiger partial charge < -0.3 is 16.0 Å². The van der Waals surface area contributed by atoms with Crippen molar-refractivity contribution >= 4 is 35.8 Å². The molecular weight excluding hydrogens is 379 g/mol. The van der Waals surface area contributed by atoms with E-state index >= 15 is 0 Å². The van der Waals surface area contributed by atoms with E-state index in [0.717, 1.165) is 11.9 Å². The van der Waals surface area contributed by atoms with Crippen LogP contribution in [-0.4, -0.2) is 38.0 Å². The van der Waals surface area contributed by atoms with Gasteiger partial charge >= 0.3 is 0 Å². The summed E-state index contributed by atoms with van der Waals surface area (Å²) in [6.45, 7) is 7.43. The predicted molar refractivity (Wildman–Crippen MR) is 99.2 cm³/mol. The molecule has 1 fully saturated rings. The molecule has 0 aromatic carbocycles. The average Bonchev–Trinajstić information content (AvgIpc) is 2.43. The van der Waals surface area contributed by atoms with Crippen molar-refractivity contribution in [2.75, 3.05) is 20.1 Å². The van der Waals surface area contributed by atoms with Crippen molar-refractivity contribution < 1.29 is 4.79 Å². The zero-order chi connectivity index (χ0) is 15.0. The summed E-state index contributed by atoms with van der Waals surface area (Å²) >= 11 is 0. The first-order chi connectivity index (χ1) is 9.52. The molecular formula is C15H31IN4O. The maximum absolute atomic E-state index is 11.4. The lowest BCUT2D eigenvalue weighted by atomic mass is 9.87. The van der Waals surface area contributed by atoms with Gasteiger partial charge in [-0.05, 0) is 31.6 Å². The summed E-state index contributed by atoms with van der Waals surface area (Å²) in [5, 5.41) is 9.60. The van der Waals surface area contributed by atoms with Crippen LogP contribution in [-0.2, 0) is 4.79 Å². The topological polar surface area (TPSA) is 65.5 Å². The van der Waals surface area contributed by atoms with Gasteiger partial charge in [0.1, 0.15) is 0 Å². The second kappa shape index (κ2) is 11.1. The molecule has 124 valence electrons. The van der Waals surface area contributed by atoms with Gasteiger partial charge in [0.2, 0.25) is 5.91 Å². The molecule has 0 atom stereocenters. The third-order valence-corrected chi connectivity index (χ3v) is 3.82. The number of guanidine groups is 1. The lowest BCUT2D eigenvalue weighted by Gasteiger charge is -2.28. The molecule has 6 heteroatoms. The maximum atomic E-state index is 11.4. The van der Waals surface area contributed by atoms with Crippen molar-refractivity contribution in [1.82, 2.24) is 16.0 Å². The Balaban J connectivity index is 0.00000400. The van der Waals surface area contributed by atoms with Crippen molar-refractivity contribution in [2.24, 2.45) is 16.8 Å². The number of nitrogens with one attached hydrogen (secondary N) is 3. The van der Waals surface area contributed by atoms with Gasteiger partial charge in [-0.15, -0.1) is 24.0 Å². The fourth-order valence-electron chi connectivity index (χ4n) is 2.36. The highest BCUT2D eigenvalue weighted by Gasteiger charge is 2.18. The minimum absolute atomic E-state index is 0. The van der Waals surface area contributed by atoms with Crippen LogP contribution in [0.4, 0.5) is 0 Å². The Bertz CT molecular complexity index is 326. The lowest BCUT2D eigenvalue weighted by Crippen LogP contribution is -2.46. The van der Waals surface area contributed by atoms with Crippen molar-refractivity contribution in [3.05, 3.63) is 0 Å². The molecule has 1 aliphatic carbocycles. The van der Waals surface area contributed by atoms with Crippen molar-refractivity contribution in [3.8, 4) is 0 Å². The maximum Gasteiger partial charge on any atom is 0.222 e. The Labute approximate surface area is 146 Å². The summed E-state index contributed by atoms with van der Waals surface area (Å²) in [6.07, 6.45) is 5.01. The Morgan fingerprint density at radius 1 is 1.14 bits per heavy atom. The van der Waals surface area contributed by atoms with Crippen molar-refractivity contribution in [1.29, 1.82) is 0 Å². The van der Waals surface area contributed by atoms with Crippen LogP contribution in [0, 0.1) is 11.8 Å². The van der Waals surface area contributed by atoms with Crippen LogP contribution in [0.1, 0.15) is 46.5 Å². The smallest absolute Gasteiger partial charge is 0.222 e. The first kappa shape index (κ1) is 20.5. The normalized spacial score (nSPS) is 22.4. The fraction of sp³-hybridized carbons (Fsp3) is 0.867. The summed E-state index contributed by atoms with van der Waals surface area (Å²) in [4.78, 5) is 15.7. The first-order valence-electron chi connectivity index (χ1n) is 7.77. The summed E-state index contributed by atoms with van der Waals surface area (Å²) in [5.74, 6) is 1.82. The van der Waals surface area contributed by atoms with E-state index in [9.17, 15) is 4.79 Å². The molecule has 0 heterocycles. The molecule has 0 aromatic rings. The average molecular weight is 410 g/mol. The lowest BCUT2D eigenvalue weighted by molar-refractivity contribution is -0.123. The number of nitrogens with zero attached hydrogens (tertiary/aromatic N) is 1. The zero-order valence-corrected chi connectivity index (χ0v) is 16.1. The Morgan fingerprint density at radius 3 is 2.24 bits per heavy atom. The van der Waals surface area contributed by atoms with E-state index in [2.05, 4.69) is 27.9 Å². The number of halogens is 1. The van der Waals surface area contributed by atoms with E-state index in [4.69, 9.17) is 0 Å². The van der Waals surface area contributed by atoms with Crippen molar-refractivity contribution in [3.63, 3.8) is 0 Å². The van der Waals surface area contributed by atoms with Crippen LogP contribution >= 0.6 is 24.0 Å². The number of carbonyl (C=O) groups is 1. The van der Waals surface area contributed by atoms with Crippen LogP contribution in [0.2, 0.25) is 0 Å². The highest BCUT2D eigenvalue weighted by Crippen LogP contribution is 2.23. The van der Waals surface area contributed by atoms with Crippen LogP contribution in [0.25, 0.3) is 0 Å². The number of hydrogen-bond donors (Lipinski definition) is 3. The number of hydrogen-bond acceptors (Lipinski definition) is 2. The molecule has 0 saturated heterocycles. The molecule has 1 amide bonds. The highest BCUT2D eigenvalue weighted by molar-refractivity contribution is 14.0. The highest BCUT2D eigenvalue weighted by atomic mass is 127. The second-order valence-corrected chi connectivity index (χ2v) is 6.05. The fourth-order valence-corrected chi connectivity index (χ4v) is 2.36. The number of amides is 1. The molecule has 5 nitrogen and oxygen atoms in total. The van der Waals surface area contributed by atoms with Gasteiger partial charge in [0.25, 0.3) is 0 Å². The molecule has 0 bridgehead atoms. The summed E-state index contributed by atoms with van der Waals surface area (Å²) in [7, 11) is 1.79. The Kier molecular flexibility index (Phi) is 10.8. The van der Waals surface area contributed by atoms with E-state index in [1.54, 1.807) is 7.05 Å². The molecule has 1 aliphatic rings. The molecule has 0 aromatic heterocycles. The predicted octanol–water partition coefficient (Wildman–Crippen LogP) is 2.12. The van der Waals surface area contributed by atoms with E-state index in [1.807, 2.05) is 13.8 Å². The Hall–Kier alpha value is -0.530. The molecule has 0 spiro atoms. The number of carbonyl (C=O) groups excluding carboxylic acids is 1. The minimum atomic E-state index is 0. The van der Waals surface area contributed by atoms with Gasteiger partial charge in [0.15, 0.2) is 5.96 Å².